The number of aryl methyl sites for hydroxylation is 1. The lowest BCUT2D eigenvalue weighted by atomic mass is 10.1. The molecule has 3 aromatic rings. The molecule has 1 aromatic heterocycles. The van der Waals surface area contributed by atoms with Crippen LogP contribution in [0.4, 0.5) is 24.5 Å². The molecule has 3 N–H and O–H groups in total. The number of carbonyl (C=O) groups excluding carboxylic acids is 1. The van der Waals surface area contributed by atoms with Crippen LogP contribution in [0.2, 0.25) is 5.02 Å². The number of rotatable bonds is 8. The zero-order valence-electron chi connectivity index (χ0n) is 18.8. The van der Waals surface area contributed by atoms with Crippen molar-refractivity contribution in [3.8, 4) is 11.6 Å². The Balaban J connectivity index is 2.00. The number of halogens is 4. The summed E-state index contributed by atoms with van der Waals surface area (Å²) >= 11 is 5.57. The van der Waals surface area contributed by atoms with Crippen LogP contribution in [0.15, 0.2) is 66.2 Å². The van der Waals surface area contributed by atoms with Gasteiger partial charge in [0.1, 0.15) is 17.0 Å². The highest BCUT2D eigenvalue weighted by molar-refractivity contribution is 7.92. The molecular formula is C23H17ClF3N3O6S. The molecule has 14 heteroatoms. The van der Waals surface area contributed by atoms with Gasteiger partial charge in [0.15, 0.2) is 0 Å². The molecule has 2 aromatic carbocycles. The van der Waals surface area contributed by atoms with E-state index in [0.717, 1.165) is 24.3 Å². The number of nitrogens with zero attached hydrogens (tertiary/aromatic N) is 1. The van der Waals surface area contributed by atoms with E-state index < -0.39 is 49.1 Å². The number of carboxylic acids is 1. The number of carbonyl (C=O) groups is 2. The highest BCUT2D eigenvalue weighted by Gasteiger charge is 2.34. The van der Waals surface area contributed by atoms with E-state index in [4.69, 9.17) is 16.3 Å². The summed E-state index contributed by atoms with van der Waals surface area (Å²) in [7, 11) is -4.60. The number of sulfonamides is 1. The first kappa shape index (κ1) is 27.5. The van der Waals surface area contributed by atoms with E-state index in [1.165, 1.54) is 24.4 Å². The number of ether oxygens (including phenoxy) is 1. The van der Waals surface area contributed by atoms with E-state index in [1.54, 1.807) is 6.92 Å². The Hall–Kier alpha value is -4.10. The number of carboxylic acid groups (broad SMARTS) is 1. The number of hydrogen-bond acceptors (Lipinski definition) is 6. The minimum absolute atomic E-state index is 0.121. The van der Waals surface area contributed by atoms with Crippen molar-refractivity contribution in [2.24, 2.45) is 0 Å². The van der Waals surface area contributed by atoms with E-state index in [-0.39, 0.29) is 23.0 Å². The monoisotopic (exact) mass is 555 g/mol. The number of aromatic nitrogens is 1. The molecule has 0 radical (unpaired) electrons. The predicted molar refractivity (Wildman–Crippen MR) is 129 cm³/mol. The molecule has 9 nitrogen and oxygen atoms in total. The Bertz CT molecular complexity index is 1510. The quantitative estimate of drug-likeness (QED) is 0.313. The van der Waals surface area contributed by atoms with Crippen LogP contribution in [0.5, 0.6) is 11.6 Å². The summed E-state index contributed by atoms with van der Waals surface area (Å²) in [6.07, 6.45) is -2.61. The van der Waals surface area contributed by atoms with E-state index in [2.05, 4.69) is 21.6 Å². The van der Waals surface area contributed by atoms with E-state index in [9.17, 15) is 36.3 Å². The van der Waals surface area contributed by atoms with Crippen LogP contribution in [0.1, 0.15) is 21.5 Å². The topological polar surface area (TPSA) is 135 Å². The van der Waals surface area contributed by atoms with E-state index >= 15 is 0 Å². The molecule has 3 rings (SSSR count). The molecule has 194 valence electrons. The molecule has 0 fully saturated rings. The SMILES string of the molecule is C=CC(=O)Nc1ccc(Oc2ncc(C)cc2NS(=O)(=O)c2ccc(Cl)c(C(F)(F)F)c2)c(C(=O)O)c1. The number of aromatic carboxylic acids is 1. The largest absolute Gasteiger partial charge is 0.478 e. The lowest BCUT2D eigenvalue weighted by Crippen LogP contribution is -2.16. The van der Waals surface area contributed by atoms with E-state index in [0.29, 0.717) is 11.6 Å². The molecule has 0 unspecified atom stereocenters. The van der Waals surface area contributed by atoms with Crippen molar-refractivity contribution in [3.05, 3.63) is 83.0 Å². The predicted octanol–water partition coefficient (Wildman–Crippen LogP) is 5.48. The Labute approximate surface area is 213 Å². The number of benzene rings is 2. The average molecular weight is 556 g/mol. The van der Waals surface area contributed by atoms with Gasteiger partial charge >= 0.3 is 12.1 Å². The summed E-state index contributed by atoms with van der Waals surface area (Å²) in [5.74, 6) is -2.66. The highest BCUT2D eigenvalue weighted by Crippen LogP contribution is 2.37. The van der Waals surface area contributed by atoms with Crippen LogP contribution in [-0.4, -0.2) is 30.4 Å². The van der Waals surface area contributed by atoms with Gasteiger partial charge in [-0.25, -0.2) is 18.2 Å². The third-order valence-corrected chi connectivity index (χ3v) is 6.35. The van der Waals surface area contributed by atoms with Gasteiger partial charge < -0.3 is 15.2 Å². The first-order chi connectivity index (χ1) is 17.2. The fourth-order valence-electron chi connectivity index (χ4n) is 2.96. The number of amides is 1. The van der Waals surface area contributed by atoms with E-state index in [1.807, 2.05) is 0 Å². The first-order valence-corrected chi connectivity index (χ1v) is 11.9. The molecule has 1 amide bonds. The fourth-order valence-corrected chi connectivity index (χ4v) is 4.26. The van der Waals surface area contributed by atoms with Gasteiger partial charge in [-0.1, -0.05) is 18.2 Å². The minimum atomic E-state index is -4.90. The maximum Gasteiger partial charge on any atom is 0.417 e. The number of hydrogen-bond donors (Lipinski definition) is 3. The second-order valence-electron chi connectivity index (χ2n) is 7.42. The highest BCUT2D eigenvalue weighted by atomic mass is 35.5. The molecule has 0 saturated carbocycles. The first-order valence-electron chi connectivity index (χ1n) is 10.1. The second kappa shape index (κ2) is 10.5. The van der Waals surface area contributed by atoms with Crippen molar-refractivity contribution in [2.75, 3.05) is 10.0 Å². The van der Waals surface area contributed by atoms with Crippen molar-refractivity contribution in [1.29, 1.82) is 0 Å². The molecular weight excluding hydrogens is 539 g/mol. The van der Waals surface area contributed by atoms with Crippen LogP contribution in [0.25, 0.3) is 0 Å². The lowest BCUT2D eigenvalue weighted by Gasteiger charge is -2.16. The number of anilines is 2. The molecule has 1 heterocycles. The number of pyridine rings is 1. The van der Waals surface area contributed by atoms with Crippen molar-refractivity contribution < 1.29 is 41.0 Å². The Kier molecular flexibility index (Phi) is 7.79. The summed E-state index contributed by atoms with van der Waals surface area (Å²) in [5.41, 5.74) is -1.44. The normalized spacial score (nSPS) is 11.5. The summed E-state index contributed by atoms with van der Waals surface area (Å²) < 4.78 is 73.2. The Morgan fingerprint density at radius 3 is 2.49 bits per heavy atom. The molecule has 0 bridgehead atoms. The zero-order chi connectivity index (χ0) is 27.5. The smallest absolute Gasteiger partial charge is 0.417 e. The van der Waals surface area contributed by atoms with Gasteiger partial charge in [0.25, 0.3) is 10.0 Å². The van der Waals surface area contributed by atoms with Crippen LogP contribution in [0.3, 0.4) is 0 Å². The number of nitrogens with one attached hydrogen (secondary N) is 2. The van der Waals surface area contributed by atoms with Gasteiger partial charge in [0.2, 0.25) is 11.8 Å². The van der Waals surface area contributed by atoms with Gasteiger partial charge in [-0.2, -0.15) is 13.2 Å². The molecule has 0 aliphatic carbocycles. The van der Waals surface area contributed by atoms with Gasteiger partial charge in [-0.05, 0) is 61.0 Å². The van der Waals surface area contributed by atoms with Crippen molar-refractivity contribution in [2.45, 2.75) is 18.0 Å². The maximum atomic E-state index is 13.2. The summed E-state index contributed by atoms with van der Waals surface area (Å²) in [6, 6.07) is 7.00. The van der Waals surface area contributed by atoms with Gasteiger partial charge in [0.05, 0.1) is 15.5 Å². The average Bonchev–Trinajstić information content (AvgIpc) is 2.80. The van der Waals surface area contributed by atoms with Gasteiger partial charge in [-0.3, -0.25) is 9.52 Å². The van der Waals surface area contributed by atoms with Gasteiger partial charge in [0, 0.05) is 11.9 Å². The van der Waals surface area contributed by atoms with Crippen molar-refractivity contribution >= 4 is 44.9 Å². The van der Waals surface area contributed by atoms with Crippen molar-refractivity contribution in [3.63, 3.8) is 0 Å². The zero-order valence-corrected chi connectivity index (χ0v) is 20.3. The summed E-state index contributed by atoms with van der Waals surface area (Å²) in [6.45, 7) is 4.86. The molecule has 0 spiro atoms. The molecule has 0 atom stereocenters. The molecule has 0 saturated heterocycles. The summed E-state index contributed by atoms with van der Waals surface area (Å²) in [4.78, 5) is 26.5. The van der Waals surface area contributed by atoms with Crippen LogP contribution in [-0.2, 0) is 21.0 Å². The maximum absolute atomic E-state index is 13.2. The molecule has 0 aliphatic heterocycles. The minimum Gasteiger partial charge on any atom is -0.478 e. The van der Waals surface area contributed by atoms with Crippen LogP contribution < -0.4 is 14.8 Å². The standard InChI is InChI=1S/C23H17ClF3N3O6S/c1-3-20(31)29-13-4-7-19(15(9-13)22(32)33)36-21-18(8-12(2)11-28-21)30-37(34,35)14-5-6-17(24)16(10-14)23(25,26)27/h3-11,30H,1H2,2H3,(H,29,31)(H,32,33). The summed E-state index contributed by atoms with van der Waals surface area (Å²) in [5, 5.41) is 11.3. The Morgan fingerprint density at radius 2 is 1.86 bits per heavy atom. The third-order valence-electron chi connectivity index (χ3n) is 4.66. The fraction of sp³-hybridized carbons (Fsp3) is 0.0870. The van der Waals surface area contributed by atoms with Crippen LogP contribution >= 0.6 is 11.6 Å². The molecule has 37 heavy (non-hydrogen) atoms. The molecule has 0 aliphatic rings. The Morgan fingerprint density at radius 1 is 1.16 bits per heavy atom. The third kappa shape index (κ3) is 6.57. The number of alkyl halides is 3. The second-order valence-corrected chi connectivity index (χ2v) is 9.51. The van der Waals surface area contributed by atoms with Crippen molar-refractivity contribution in [1.82, 2.24) is 4.98 Å². The van der Waals surface area contributed by atoms with Crippen LogP contribution in [0, 0.1) is 6.92 Å². The lowest BCUT2D eigenvalue weighted by molar-refractivity contribution is -0.137. The van der Waals surface area contributed by atoms with Gasteiger partial charge in [-0.15, -0.1) is 0 Å².